The van der Waals surface area contributed by atoms with Crippen molar-refractivity contribution in [3.8, 4) is 0 Å². The van der Waals surface area contributed by atoms with E-state index < -0.39 is 8.03 Å². The quantitative estimate of drug-likeness (QED) is 0.489. The molecule has 1 atom stereocenters. The minimum Gasteiger partial charge on any atom is -0.156 e. The Morgan fingerprint density at radius 2 is 1.70 bits per heavy atom. The van der Waals surface area contributed by atoms with Crippen molar-refractivity contribution in [3.63, 3.8) is 0 Å². The molecule has 2 nitrogen and oxygen atoms in total. The molecular formula is C6H6NaO2P+. The van der Waals surface area contributed by atoms with Crippen LogP contribution in [-0.4, -0.2) is 34.5 Å². The van der Waals surface area contributed by atoms with Gasteiger partial charge in [0.05, 0.1) is 0 Å². The second-order valence-corrected chi connectivity index (χ2v) is 2.67. The molecule has 4 heteroatoms. The Morgan fingerprint density at radius 1 is 1.20 bits per heavy atom. The van der Waals surface area contributed by atoms with Crippen LogP contribution in [0.5, 0.6) is 0 Å². The van der Waals surface area contributed by atoms with Crippen LogP contribution in [-0.2, 0) is 4.57 Å². The topological polar surface area (TPSA) is 37.3 Å². The molecule has 0 saturated heterocycles. The maximum atomic E-state index is 10.3. The molecule has 0 bridgehead atoms. The molecule has 47 valence electrons. The summed E-state index contributed by atoms with van der Waals surface area (Å²) in [6.07, 6.45) is 0. The first-order valence-electron chi connectivity index (χ1n) is 2.52. The maximum absolute atomic E-state index is 10.3. The van der Waals surface area contributed by atoms with Crippen molar-refractivity contribution in [2.45, 2.75) is 0 Å². The Balaban J connectivity index is 0.000000810. The molecule has 0 aromatic heterocycles. The molecule has 0 spiro atoms. The summed E-state index contributed by atoms with van der Waals surface area (Å²) in [6, 6.07) is 8.53. The number of benzene rings is 1. The van der Waals surface area contributed by atoms with E-state index in [9.17, 15) is 4.57 Å². The van der Waals surface area contributed by atoms with Crippen LogP contribution in [0.4, 0.5) is 0 Å². The van der Waals surface area contributed by atoms with Crippen LogP contribution >= 0.6 is 8.03 Å². The van der Waals surface area contributed by atoms with E-state index in [2.05, 4.69) is 0 Å². The average molecular weight is 164 g/mol. The first kappa shape index (κ1) is 10.3. The van der Waals surface area contributed by atoms with Crippen LogP contribution in [0.3, 0.4) is 0 Å². The monoisotopic (exact) mass is 164 g/mol. The van der Waals surface area contributed by atoms with Crippen molar-refractivity contribution < 1.29 is 9.46 Å². The second-order valence-electron chi connectivity index (χ2n) is 1.61. The van der Waals surface area contributed by atoms with Crippen LogP contribution < -0.4 is 5.30 Å². The Hall–Kier alpha value is 0.280. The number of hydrogen-bond donors (Lipinski definition) is 1. The number of rotatable bonds is 1. The van der Waals surface area contributed by atoms with Crippen LogP contribution in [0.2, 0.25) is 0 Å². The molecule has 0 aliphatic heterocycles. The zero-order chi connectivity index (χ0) is 6.69. The molecule has 10 heavy (non-hydrogen) atoms. The summed E-state index contributed by atoms with van der Waals surface area (Å²) in [6.45, 7) is 0. The molecular weight excluding hydrogens is 158 g/mol. The van der Waals surface area contributed by atoms with Crippen LogP contribution in [0.1, 0.15) is 0 Å². The van der Waals surface area contributed by atoms with E-state index >= 15 is 0 Å². The van der Waals surface area contributed by atoms with Gasteiger partial charge in [-0.1, -0.05) is 18.2 Å². The predicted molar refractivity (Wildman–Crippen MR) is 41.7 cm³/mol. The zero-order valence-corrected chi connectivity index (χ0v) is 8.58. The molecule has 1 aromatic carbocycles. The fraction of sp³-hybridized carbons (Fsp3) is 0. The molecule has 0 aliphatic carbocycles. The molecule has 0 fully saturated rings. The van der Waals surface area contributed by atoms with E-state index in [1.54, 1.807) is 24.3 Å². The fourth-order valence-electron chi connectivity index (χ4n) is 0.556. The molecule has 1 rings (SSSR count). The van der Waals surface area contributed by atoms with E-state index in [0.29, 0.717) is 5.30 Å². The van der Waals surface area contributed by atoms with Gasteiger partial charge in [0, 0.05) is 29.6 Å². The van der Waals surface area contributed by atoms with Gasteiger partial charge in [-0.05, 0) is 16.7 Å². The molecule has 1 N–H and O–H groups in total. The Morgan fingerprint density at radius 3 is 2.00 bits per heavy atom. The van der Waals surface area contributed by atoms with Crippen molar-refractivity contribution in [3.05, 3.63) is 30.3 Å². The summed E-state index contributed by atoms with van der Waals surface area (Å²) in [7, 11) is -2.15. The Bertz CT molecular complexity index is 212. The van der Waals surface area contributed by atoms with E-state index in [4.69, 9.17) is 4.89 Å². The smallest absolute Gasteiger partial charge is 0.156 e. The summed E-state index contributed by atoms with van der Waals surface area (Å²) in [5.41, 5.74) is 0. The van der Waals surface area contributed by atoms with Crippen molar-refractivity contribution in [1.82, 2.24) is 0 Å². The summed E-state index contributed by atoms with van der Waals surface area (Å²) >= 11 is 0. The van der Waals surface area contributed by atoms with Gasteiger partial charge in [0.25, 0.3) is 0 Å². The summed E-state index contributed by atoms with van der Waals surface area (Å²) in [4.78, 5) is 8.53. The SMILES string of the molecule is O=[P+](O)c1ccccc1.[Na]. The van der Waals surface area contributed by atoms with E-state index in [0.717, 1.165) is 0 Å². The second kappa shape index (κ2) is 5.00. The standard InChI is InChI=1S/C6H5O2P.Na/c7-9(8)6-4-2-1-3-5-6;/h1-5H;/p+1. The fourth-order valence-corrected chi connectivity index (χ4v) is 0.983. The third-order valence-electron chi connectivity index (χ3n) is 0.977. The minimum absolute atomic E-state index is 0. The van der Waals surface area contributed by atoms with Gasteiger partial charge in [0.1, 0.15) is 0 Å². The van der Waals surface area contributed by atoms with Gasteiger partial charge in [0.2, 0.25) is 5.30 Å². The van der Waals surface area contributed by atoms with Gasteiger partial charge in [0.15, 0.2) is 0 Å². The summed E-state index contributed by atoms with van der Waals surface area (Å²) < 4.78 is 10.3. The molecule has 0 aliphatic rings. The Kier molecular flexibility index (Phi) is 5.14. The van der Waals surface area contributed by atoms with Crippen LogP contribution in [0.25, 0.3) is 0 Å². The normalized spacial score (nSPS) is 9.90. The van der Waals surface area contributed by atoms with Gasteiger partial charge in [-0.15, -0.1) is 0 Å². The molecule has 1 radical (unpaired) electrons. The van der Waals surface area contributed by atoms with Crippen molar-refractivity contribution in [2.75, 3.05) is 0 Å². The average Bonchev–Trinajstić information content (AvgIpc) is 1.90. The molecule has 1 unspecified atom stereocenters. The molecule has 0 saturated carbocycles. The van der Waals surface area contributed by atoms with Gasteiger partial charge < -0.3 is 0 Å². The third-order valence-corrected chi connectivity index (χ3v) is 1.72. The predicted octanol–water partition coefficient (Wildman–Crippen LogP) is 0.666. The largest absolute Gasteiger partial charge is 0.546 e. The third kappa shape index (κ3) is 2.91. The Labute approximate surface area is 82.4 Å². The molecule has 1 aromatic rings. The van der Waals surface area contributed by atoms with Gasteiger partial charge in [-0.25, -0.2) is 0 Å². The van der Waals surface area contributed by atoms with Gasteiger partial charge >= 0.3 is 8.03 Å². The van der Waals surface area contributed by atoms with Crippen LogP contribution in [0, 0.1) is 0 Å². The van der Waals surface area contributed by atoms with Gasteiger partial charge in [-0.2, -0.15) is 4.89 Å². The van der Waals surface area contributed by atoms with E-state index in [1.165, 1.54) is 0 Å². The maximum Gasteiger partial charge on any atom is 0.546 e. The van der Waals surface area contributed by atoms with Crippen molar-refractivity contribution in [1.29, 1.82) is 0 Å². The zero-order valence-electron chi connectivity index (χ0n) is 5.69. The number of hydrogen-bond acceptors (Lipinski definition) is 1. The van der Waals surface area contributed by atoms with Gasteiger partial charge in [-0.3, -0.25) is 0 Å². The van der Waals surface area contributed by atoms with E-state index in [-0.39, 0.29) is 29.6 Å². The first-order chi connectivity index (χ1) is 4.30. The van der Waals surface area contributed by atoms with Crippen LogP contribution in [0.15, 0.2) is 30.3 Å². The molecule has 0 heterocycles. The minimum atomic E-state index is -2.15. The van der Waals surface area contributed by atoms with Crippen molar-refractivity contribution >= 4 is 42.9 Å². The van der Waals surface area contributed by atoms with Crippen molar-refractivity contribution in [2.24, 2.45) is 0 Å². The first-order valence-corrected chi connectivity index (χ1v) is 3.73. The molecule has 0 amide bonds. The van der Waals surface area contributed by atoms with E-state index in [1.807, 2.05) is 6.07 Å². The summed E-state index contributed by atoms with van der Waals surface area (Å²) in [5.74, 6) is 0. The summed E-state index contributed by atoms with van der Waals surface area (Å²) in [5, 5.41) is 0.479.